The summed E-state index contributed by atoms with van der Waals surface area (Å²) in [6.45, 7) is 5.02. The standard InChI is InChI=1S/C24H27FNO5P/c1-14(2)22-19(12-13-32(30,31)23(15(3)27)24(28)29)21(16-8-10-17(25)11-9-16)18-6-4-5-7-20(18)26-22/h8-11,14-15,23,27H,4-7H2,1-3H3,(H,28,29)(H,30,31). The quantitative estimate of drug-likeness (QED) is 0.455. The molecule has 0 amide bonds. The number of aliphatic hydroxyl groups excluding tert-OH is 1. The van der Waals surface area contributed by atoms with Crippen LogP contribution in [0.2, 0.25) is 0 Å². The molecule has 0 fully saturated rings. The van der Waals surface area contributed by atoms with Crippen molar-refractivity contribution in [2.24, 2.45) is 0 Å². The van der Waals surface area contributed by atoms with Crippen molar-refractivity contribution in [2.75, 3.05) is 0 Å². The molecule has 0 saturated heterocycles. The summed E-state index contributed by atoms with van der Waals surface area (Å²) in [5.41, 5.74) is 4.82. The van der Waals surface area contributed by atoms with Gasteiger partial charge in [-0.1, -0.05) is 31.9 Å². The third kappa shape index (κ3) is 4.94. The highest BCUT2D eigenvalue weighted by atomic mass is 31.2. The van der Waals surface area contributed by atoms with Crippen LogP contribution in [-0.4, -0.2) is 37.8 Å². The molecule has 1 aromatic carbocycles. The number of benzene rings is 1. The highest BCUT2D eigenvalue weighted by Gasteiger charge is 2.40. The second-order valence-electron chi connectivity index (χ2n) is 8.42. The monoisotopic (exact) mass is 459 g/mol. The Labute approximate surface area is 187 Å². The molecule has 6 nitrogen and oxygen atoms in total. The maximum absolute atomic E-state index is 13.6. The van der Waals surface area contributed by atoms with E-state index in [1.54, 1.807) is 12.1 Å². The summed E-state index contributed by atoms with van der Waals surface area (Å²) in [7, 11) is -4.58. The van der Waals surface area contributed by atoms with Gasteiger partial charge in [0.2, 0.25) is 0 Å². The number of aliphatic hydroxyl groups is 1. The highest BCUT2D eigenvalue weighted by molar-refractivity contribution is 7.65. The van der Waals surface area contributed by atoms with Crippen LogP contribution in [0.15, 0.2) is 24.3 Å². The van der Waals surface area contributed by atoms with Gasteiger partial charge in [0.05, 0.1) is 17.4 Å². The van der Waals surface area contributed by atoms with Gasteiger partial charge in [-0.2, -0.15) is 0 Å². The Morgan fingerprint density at radius 2 is 1.78 bits per heavy atom. The van der Waals surface area contributed by atoms with Crippen LogP contribution in [-0.2, 0) is 22.2 Å². The van der Waals surface area contributed by atoms with Crippen LogP contribution in [0.4, 0.5) is 4.39 Å². The molecule has 1 aliphatic carbocycles. The molecule has 0 saturated carbocycles. The first-order valence-electron chi connectivity index (χ1n) is 10.6. The van der Waals surface area contributed by atoms with Gasteiger partial charge in [0, 0.05) is 11.3 Å². The molecule has 0 radical (unpaired) electrons. The molecule has 32 heavy (non-hydrogen) atoms. The zero-order chi connectivity index (χ0) is 23.6. The first kappa shape index (κ1) is 24.1. The van der Waals surface area contributed by atoms with E-state index in [9.17, 15) is 28.9 Å². The fourth-order valence-electron chi connectivity index (χ4n) is 4.10. The van der Waals surface area contributed by atoms with Crippen LogP contribution >= 0.6 is 7.37 Å². The topological polar surface area (TPSA) is 108 Å². The molecule has 1 aromatic heterocycles. The fraction of sp³-hybridized carbons (Fsp3) is 0.417. The Morgan fingerprint density at radius 1 is 1.16 bits per heavy atom. The number of nitrogens with zero attached hydrogens (tertiary/aromatic N) is 1. The lowest BCUT2D eigenvalue weighted by Gasteiger charge is -2.24. The van der Waals surface area contributed by atoms with Gasteiger partial charge in [0.1, 0.15) is 5.82 Å². The Morgan fingerprint density at radius 3 is 2.34 bits per heavy atom. The predicted molar refractivity (Wildman–Crippen MR) is 120 cm³/mol. The molecule has 3 N–H and O–H groups in total. The Kier molecular flexibility index (Phi) is 7.19. The third-order valence-electron chi connectivity index (χ3n) is 5.61. The number of pyridine rings is 1. The Balaban J connectivity index is 2.30. The van der Waals surface area contributed by atoms with Crippen molar-refractivity contribution in [2.45, 2.75) is 64.1 Å². The molecule has 8 heteroatoms. The van der Waals surface area contributed by atoms with Crippen molar-refractivity contribution in [1.82, 2.24) is 4.98 Å². The van der Waals surface area contributed by atoms with Crippen molar-refractivity contribution in [3.8, 4) is 22.7 Å². The average molecular weight is 459 g/mol. The number of carboxylic acid groups (broad SMARTS) is 1. The summed E-state index contributed by atoms with van der Waals surface area (Å²) in [6, 6.07) is 5.98. The van der Waals surface area contributed by atoms with Gasteiger partial charge in [-0.15, -0.1) is 0 Å². The van der Waals surface area contributed by atoms with Gasteiger partial charge in [-0.3, -0.25) is 14.3 Å². The number of rotatable bonds is 5. The smallest absolute Gasteiger partial charge is 0.320 e. The number of aromatic nitrogens is 1. The van der Waals surface area contributed by atoms with E-state index in [4.69, 9.17) is 4.98 Å². The van der Waals surface area contributed by atoms with E-state index in [-0.39, 0.29) is 11.7 Å². The van der Waals surface area contributed by atoms with Crippen molar-refractivity contribution in [1.29, 1.82) is 0 Å². The minimum absolute atomic E-state index is 0.0594. The SMILES string of the molecule is CC(C)c1nc2c(c(-c3ccc(F)cc3)c1C#CP(=O)(O)C(C(=O)O)C(C)O)CCCC2. The van der Waals surface area contributed by atoms with Crippen LogP contribution in [0.25, 0.3) is 11.1 Å². The van der Waals surface area contributed by atoms with E-state index in [1.807, 2.05) is 13.8 Å². The maximum Gasteiger partial charge on any atom is 0.320 e. The third-order valence-corrected chi connectivity index (χ3v) is 7.45. The number of halogens is 1. The first-order chi connectivity index (χ1) is 15.0. The number of hydrogen-bond donors (Lipinski definition) is 3. The molecular formula is C24H27FNO5P. The second kappa shape index (κ2) is 9.54. The first-order valence-corrected chi connectivity index (χ1v) is 12.3. The van der Waals surface area contributed by atoms with Crippen molar-refractivity contribution in [3.05, 3.63) is 52.6 Å². The van der Waals surface area contributed by atoms with Crippen molar-refractivity contribution in [3.63, 3.8) is 0 Å². The van der Waals surface area contributed by atoms with Crippen LogP contribution in [0.5, 0.6) is 0 Å². The van der Waals surface area contributed by atoms with Crippen LogP contribution in [0.3, 0.4) is 0 Å². The van der Waals surface area contributed by atoms with Crippen molar-refractivity contribution >= 4 is 13.3 Å². The number of hydrogen-bond acceptors (Lipinski definition) is 4. The van der Waals surface area contributed by atoms with Gasteiger partial charge in [0.25, 0.3) is 7.37 Å². The largest absolute Gasteiger partial charge is 0.481 e. The molecule has 1 aliphatic rings. The molecule has 3 rings (SSSR count). The lowest BCUT2D eigenvalue weighted by Crippen LogP contribution is -2.31. The Bertz CT molecular complexity index is 1130. The average Bonchev–Trinajstić information content (AvgIpc) is 2.71. The van der Waals surface area contributed by atoms with Gasteiger partial charge >= 0.3 is 5.97 Å². The summed E-state index contributed by atoms with van der Waals surface area (Å²) in [5.74, 6) is 0.732. The minimum atomic E-state index is -4.58. The number of fused-ring (bicyclic) bond motifs is 1. The van der Waals surface area contributed by atoms with E-state index < -0.39 is 25.1 Å². The number of carbonyl (C=O) groups is 1. The van der Waals surface area contributed by atoms with Crippen LogP contribution in [0, 0.1) is 17.4 Å². The molecule has 0 bridgehead atoms. The summed E-state index contributed by atoms with van der Waals surface area (Å²) in [4.78, 5) is 26.7. The fourth-order valence-corrected chi connectivity index (χ4v) is 5.39. The summed E-state index contributed by atoms with van der Waals surface area (Å²) in [5, 5.41) is 19.1. The molecular weight excluding hydrogens is 432 g/mol. The summed E-state index contributed by atoms with van der Waals surface area (Å²) < 4.78 is 26.4. The minimum Gasteiger partial charge on any atom is -0.481 e. The lowest BCUT2D eigenvalue weighted by atomic mass is 9.84. The summed E-state index contributed by atoms with van der Waals surface area (Å²) >= 11 is 0. The number of aryl methyl sites for hydroxylation is 1. The molecule has 2 aromatic rings. The van der Waals surface area contributed by atoms with Crippen molar-refractivity contribution < 1.29 is 28.9 Å². The van der Waals surface area contributed by atoms with Gasteiger partial charge in [-0.25, -0.2) is 4.39 Å². The molecule has 0 spiro atoms. The predicted octanol–water partition coefficient (Wildman–Crippen LogP) is 4.30. The van der Waals surface area contributed by atoms with Gasteiger partial charge < -0.3 is 15.1 Å². The lowest BCUT2D eigenvalue weighted by molar-refractivity contribution is -0.138. The summed E-state index contributed by atoms with van der Waals surface area (Å²) in [6.07, 6.45) is 1.97. The van der Waals surface area contributed by atoms with E-state index in [0.717, 1.165) is 55.0 Å². The molecule has 1 heterocycles. The van der Waals surface area contributed by atoms with E-state index >= 15 is 0 Å². The molecule has 0 aliphatic heterocycles. The molecule has 3 atom stereocenters. The van der Waals surface area contributed by atoms with Gasteiger partial charge in [-0.05, 0) is 67.4 Å². The van der Waals surface area contributed by atoms with E-state index in [2.05, 4.69) is 11.6 Å². The second-order valence-corrected chi connectivity index (χ2v) is 10.5. The van der Waals surface area contributed by atoms with E-state index in [1.165, 1.54) is 12.1 Å². The highest BCUT2D eigenvalue weighted by Crippen LogP contribution is 2.47. The van der Waals surface area contributed by atoms with Crippen LogP contribution < -0.4 is 0 Å². The van der Waals surface area contributed by atoms with Gasteiger partial charge in [0.15, 0.2) is 5.66 Å². The normalized spacial score (nSPS) is 17.0. The van der Waals surface area contributed by atoms with E-state index in [0.29, 0.717) is 11.3 Å². The number of aliphatic carboxylic acids is 1. The Hall–Kier alpha value is -2.52. The maximum atomic E-state index is 13.6. The molecule has 170 valence electrons. The zero-order valence-corrected chi connectivity index (χ0v) is 19.2. The zero-order valence-electron chi connectivity index (χ0n) is 18.3. The molecule has 3 unspecified atom stereocenters. The van der Waals surface area contributed by atoms with Crippen LogP contribution in [0.1, 0.15) is 62.0 Å². The number of carboxylic acids is 1.